The fourth-order valence-electron chi connectivity index (χ4n) is 1.50. The van der Waals surface area contributed by atoms with Crippen LogP contribution in [0.5, 0.6) is 11.5 Å². The van der Waals surface area contributed by atoms with Gasteiger partial charge in [0.2, 0.25) is 0 Å². The zero-order chi connectivity index (χ0) is 11.8. The van der Waals surface area contributed by atoms with Crippen LogP contribution in [0.2, 0.25) is 0 Å². The summed E-state index contributed by atoms with van der Waals surface area (Å²) >= 11 is 0. The van der Waals surface area contributed by atoms with Crippen LogP contribution in [-0.2, 0) is 6.42 Å². The van der Waals surface area contributed by atoms with Gasteiger partial charge in [-0.05, 0) is 43.5 Å². The molecule has 1 rings (SSSR count). The second-order valence-corrected chi connectivity index (χ2v) is 3.73. The van der Waals surface area contributed by atoms with Crippen molar-refractivity contribution in [3.63, 3.8) is 0 Å². The van der Waals surface area contributed by atoms with E-state index in [9.17, 15) is 0 Å². The second kappa shape index (κ2) is 7.12. The normalized spacial score (nSPS) is 10.2. The van der Waals surface area contributed by atoms with E-state index in [2.05, 4.69) is 13.0 Å². The molecule has 0 amide bonds. The molecule has 0 unspecified atom stereocenters. The number of rotatable bonds is 7. The van der Waals surface area contributed by atoms with E-state index in [1.54, 1.807) is 7.11 Å². The molecular formula is C13H21NO2. The number of nitrogens with two attached hydrogens (primary N) is 1. The molecule has 0 aromatic heterocycles. The third-order valence-electron chi connectivity index (χ3n) is 2.36. The lowest BCUT2D eigenvalue weighted by Crippen LogP contribution is -2.01. The number of hydrogen-bond donors (Lipinski definition) is 1. The standard InChI is InChI=1S/C13H21NO2/c1-3-9-16-12-7-6-11(5-4-8-14)10-13(12)15-2/h6-7,10H,3-5,8-9,14H2,1-2H3. The van der Waals surface area contributed by atoms with Crippen molar-refractivity contribution in [2.45, 2.75) is 26.2 Å². The molecule has 0 spiro atoms. The van der Waals surface area contributed by atoms with E-state index < -0.39 is 0 Å². The second-order valence-electron chi connectivity index (χ2n) is 3.73. The van der Waals surface area contributed by atoms with Gasteiger partial charge in [-0.1, -0.05) is 13.0 Å². The maximum Gasteiger partial charge on any atom is 0.161 e. The SMILES string of the molecule is CCCOc1ccc(CCCN)cc1OC. The molecule has 0 saturated carbocycles. The smallest absolute Gasteiger partial charge is 0.161 e. The maximum atomic E-state index is 5.59. The molecule has 16 heavy (non-hydrogen) atoms. The predicted molar refractivity (Wildman–Crippen MR) is 66.2 cm³/mol. The highest BCUT2D eigenvalue weighted by Gasteiger charge is 2.05. The molecule has 0 aliphatic rings. The first-order valence-corrected chi connectivity index (χ1v) is 5.81. The van der Waals surface area contributed by atoms with Crippen molar-refractivity contribution < 1.29 is 9.47 Å². The van der Waals surface area contributed by atoms with Crippen molar-refractivity contribution in [3.05, 3.63) is 23.8 Å². The van der Waals surface area contributed by atoms with Crippen LogP contribution in [0.15, 0.2) is 18.2 Å². The van der Waals surface area contributed by atoms with E-state index in [0.717, 1.165) is 43.9 Å². The molecule has 3 heteroatoms. The van der Waals surface area contributed by atoms with Crippen molar-refractivity contribution >= 4 is 0 Å². The lowest BCUT2D eigenvalue weighted by atomic mass is 10.1. The summed E-state index contributed by atoms with van der Waals surface area (Å²) in [5, 5.41) is 0. The molecule has 0 heterocycles. The molecule has 0 radical (unpaired) electrons. The molecule has 0 aliphatic carbocycles. The highest BCUT2D eigenvalue weighted by Crippen LogP contribution is 2.28. The lowest BCUT2D eigenvalue weighted by molar-refractivity contribution is 0.294. The Labute approximate surface area is 97.6 Å². The highest BCUT2D eigenvalue weighted by molar-refractivity contribution is 5.43. The minimum absolute atomic E-state index is 0.719. The van der Waals surface area contributed by atoms with Crippen molar-refractivity contribution in [2.75, 3.05) is 20.3 Å². The van der Waals surface area contributed by atoms with Crippen LogP contribution in [0.3, 0.4) is 0 Å². The van der Waals surface area contributed by atoms with Gasteiger partial charge in [0.1, 0.15) is 0 Å². The van der Waals surface area contributed by atoms with Crippen LogP contribution in [0.1, 0.15) is 25.3 Å². The fraction of sp³-hybridized carbons (Fsp3) is 0.538. The van der Waals surface area contributed by atoms with Gasteiger partial charge in [0.15, 0.2) is 11.5 Å². The Hall–Kier alpha value is -1.22. The molecule has 90 valence electrons. The summed E-state index contributed by atoms with van der Waals surface area (Å²) in [5.74, 6) is 1.63. The predicted octanol–water partition coefficient (Wildman–Crippen LogP) is 2.38. The van der Waals surface area contributed by atoms with Gasteiger partial charge >= 0.3 is 0 Å². The number of methoxy groups -OCH3 is 1. The van der Waals surface area contributed by atoms with Gasteiger partial charge in [-0.3, -0.25) is 0 Å². The monoisotopic (exact) mass is 223 g/mol. The Bertz CT molecular complexity index is 313. The number of aryl methyl sites for hydroxylation is 1. The maximum absolute atomic E-state index is 5.59. The molecule has 0 atom stereocenters. The Morgan fingerprint density at radius 3 is 2.69 bits per heavy atom. The van der Waals surface area contributed by atoms with Gasteiger partial charge in [0.05, 0.1) is 13.7 Å². The van der Waals surface area contributed by atoms with Crippen molar-refractivity contribution in [3.8, 4) is 11.5 Å². The lowest BCUT2D eigenvalue weighted by Gasteiger charge is -2.11. The molecule has 1 aromatic rings. The molecular weight excluding hydrogens is 202 g/mol. The van der Waals surface area contributed by atoms with E-state index in [4.69, 9.17) is 15.2 Å². The third-order valence-corrected chi connectivity index (χ3v) is 2.36. The average molecular weight is 223 g/mol. The van der Waals surface area contributed by atoms with Crippen molar-refractivity contribution in [1.82, 2.24) is 0 Å². The van der Waals surface area contributed by atoms with Gasteiger partial charge in [-0.25, -0.2) is 0 Å². The van der Waals surface area contributed by atoms with Gasteiger partial charge in [0, 0.05) is 0 Å². The van der Waals surface area contributed by atoms with Gasteiger partial charge in [-0.15, -0.1) is 0 Å². The van der Waals surface area contributed by atoms with Gasteiger partial charge in [-0.2, -0.15) is 0 Å². The molecule has 1 aromatic carbocycles. The highest BCUT2D eigenvalue weighted by atomic mass is 16.5. The van der Waals surface area contributed by atoms with Crippen LogP contribution >= 0.6 is 0 Å². The number of ether oxygens (including phenoxy) is 2. The van der Waals surface area contributed by atoms with E-state index in [0.29, 0.717) is 0 Å². The number of benzene rings is 1. The third kappa shape index (κ3) is 3.74. The zero-order valence-corrected chi connectivity index (χ0v) is 10.2. The van der Waals surface area contributed by atoms with E-state index in [1.165, 1.54) is 5.56 Å². The molecule has 3 nitrogen and oxygen atoms in total. The largest absolute Gasteiger partial charge is 0.493 e. The Balaban J connectivity index is 2.71. The minimum atomic E-state index is 0.719. The minimum Gasteiger partial charge on any atom is -0.493 e. The molecule has 0 saturated heterocycles. The van der Waals surface area contributed by atoms with Crippen LogP contribution in [0.25, 0.3) is 0 Å². The number of hydrogen-bond acceptors (Lipinski definition) is 3. The molecule has 2 N–H and O–H groups in total. The van der Waals surface area contributed by atoms with Crippen molar-refractivity contribution in [2.24, 2.45) is 5.73 Å². The fourth-order valence-corrected chi connectivity index (χ4v) is 1.50. The summed E-state index contributed by atoms with van der Waals surface area (Å²) in [4.78, 5) is 0. The summed E-state index contributed by atoms with van der Waals surface area (Å²) < 4.78 is 10.9. The van der Waals surface area contributed by atoms with Crippen LogP contribution < -0.4 is 15.2 Å². The van der Waals surface area contributed by atoms with Gasteiger partial charge < -0.3 is 15.2 Å². The average Bonchev–Trinajstić information content (AvgIpc) is 2.34. The van der Waals surface area contributed by atoms with Crippen molar-refractivity contribution in [1.29, 1.82) is 0 Å². The summed E-state index contributed by atoms with van der Waals surface area (Å²) in [6.45, 7) is 3.52. The molecule has 0 aliphatic heterocycles. The zero-order valence-electron chi connectivity index (χ0n) is 10.2. The Morgan fingerprint density at radius 1 is 1.25 bits per heavy atom. The van der Waals surface area contributed by atoms with E-state index in [-0.39, 0.29) is 0 Å². The van der Waals surface area contributed by atoms with E-state index in [1.807, 2.05) is 12.1 Å². The summed E-state index contributed by atoms with van der Waals surface area (Å²) in [6.07, 6.45) is 2.98. The Morgan fingerprint density at radius 2 is 2.06 bits per heavy atom. The quantitative estimate of drug-likeness (QED) is 0.772. The first-order valence-electron chi connectivity index (χ1n) is 5.81. The summed E-state index contributed by atoms with van der Waals surface area (Å²) in [5.41, 5.74) is 6.73. The van der Waals surface area contributed by atoms with Crippen LogP contribution in [-0.4, -0.2) is 20.3 Å². The van der Waals surface area contributed by atoms with Crippen LogP contribution in [0, 0.1) is 0 Å². The summed E-state index contributed by atoms with van der Waals surface area (Å²) in [7, 11) is 1.67. The molecule has 0 fully saturated rings. The van der Waals surface area contributed by atoms with E-state index >= 15 is 0 Å². The Kier molecular flexibility index (Phi) is 5.72. The summed E-state index contributed by atoms with van der Waals surface area (Å²) in [6, 6.07) is 6.07. The topological polar surface area (TPSA) is 44.5 Å². The van der Waals surface area contributed by atoms with Crippen LogP contribution in [0.4, 0.5) is 0 Å². The first-order chi connectivity index (χ1) is 7.81. The van der Waals surface area contributed by atoms with Gasteiger partial charge in [0.25, 0.3) is 0 Å². The molecule has 0 bridgehead atoms. The first kappa shape index (κ1) is 12.8.